The number of para-hydroxylation sites is 1. The van der Waals surface area contributed by atoms with Gasteiger partial charge in [0.2, 0.25) is 0 Å². The van der Waals surface area contributed by atoms with Gasteiger partial charge in [-0.3, -0.25) is 14.0 Å². The van der Waals surface area contributed by atoms with Crippen LogP contribution in [0.15, 0.2) is 59.7 Å². The van der Waals surface area contributed by atoms with Crippen LogP contribution in [0.2, 0.25) is 0 Å². The number of aliphatic hydroxyl groups excluding tert-OH is 1. The lowest BCUT2D eigenvalue weighted by atomic mass is 10.1. The van der Waals surface area contributed by atoms with E-state index in [0.29, 0.717) is 24.0 Å². The molecule has 0 amide bonds. The number of anilines is 1. The van der Waals surface area contributed by atoms with E-state index in [2.05, 4.69) is 15.4 Å². The fourth-order valence-corrected chi connectivity index (χ4v) is 3.85. The Bertz CT molecular complexity index is 952. The summed E-state index contributed by atoms with van der Waals surface area (Å²) in [5.41, 5.74) is 0.649. The number of aromatic nitrogens is 4. The summed E-state index contributed by atoms with van der Waals surface area (Å²) in [5.74, 6) is 1.45. The van der Waals surface area contributed by atoms with E-state index in [-0.39, 0.29) is 11.6 Å². The van der Waals surface area contributed by atoms with Crippen molar-refractivity contribution in [1.29, 1.82) is 0 Å². The molecule has 7 nitrogen and oxygen atoms in total. The second-order valence-electron chi connectivity index (χ2n) is 7.08. The van der Waals surface area contributed by atoms with Gasteiger partial charge < -0.3 is 10.4 Å². The molecule has 1 saturated carbocycles. The minimum atomic E-state index is -0.468. The Balaban J connectivity index is 1.49. The average Bonchev–Trinajstić information content (AvgIpc) is 3.26. The first-order valence-electron chi connectivity index (χ1n) is 9.18. The van der Waals surface area contributed by atoms with Crippen molar-refractivity contribution in [2.75, 3.05) is 5.32 Å². The van der Waals surface area contributed by atoms with Gasteiger partial charge in [-0.2, -0.15) is 5.10 Å². The SMILES string of the molecule is Cc1nc(N[C@@H]2CC(Cn3cccn3)C[C@H]2O)cc(=O)n1-c1ccccc1. The molecule has 0 spiro atoms. The molecule has 1 aliphatic rings. The van der Waals surface area contributed by atoms with Crippen LogP contribution in [0, 0.1) is 12.8 Å². The molecule has 2 heterocycles. The molecule has 0 radical (unpaired) electrons. The van der Waals surface area contributed by atoms with Crippen molar-refractivity contribution in [3.63, 3.8) is 0 Å². The van der Waals surface area contributed by atoms with Crippen molar-refractivity contribution in [2.24, 2.45) is 5.92 Å². The number of nitrogens with zero attached hydrogens (tertiary/aromatic N) is 4. The minimum Gasteiger partial charge on any atom is -0.391 e. The first-order valence-corrected chi connectivity index (χ1v) is 9.18. The molecule has 1 fully saturated rings. The maximum Gasteiger partial charge on any atom is 0.260 e. The Hall–Kier alpha value is -2.93. The highest BCUT2D eigenvalue weighted by atomic mass is 16.3. The van der Waals surface area contributed by atoms with Gasteiger partial charge in [0, 0.05) is 25.0 Å². The van der Waals surface area contributed by atoms with Crippen molar-refractivity contribution in [3.05, 3.63) is 71.0 Å². The van der Waals surface area contributed by atoms with Crippen LogP contribution < -0.4 is 10.9 Å². The molecule has 0 saturated heterocycles. The Morgan fingerprint density at radius 2 is 2.04 bits per heavy atom. The summed E-state index contributed by atoms with van der Waals surface area (Å²) < 4.78 is 3.47. The maximum absolute atomic E-state index is 12.6. The lowest BCUT2D eigenvalue weighted by molar-refractivity contribution is 0.166. The van der Waals surface area contributed by atoms with Gasteiger partial charge in [-0.1, -0.05) is 18.2 Å². The molecule has 1 aromatic carbocycles. The first-order chi connectivity index (χ1) is 13.1. The quantitative estimate of drug-likeness (QED) is 0.722. The van der Waals surface area contributed by atoms with Crippen LogP contribution in [-0.2, 0) is 6.54 Å². The number of benzene rings is 1. The third-order valence-electron chi connectivity index (χ3n) is 5.07. The molecule has 3 atom stereocenters. The third kappa shape index (κ3) is 3.78. The van der Waals surface area contributed by atoms with Gasteiger partial charge in [0.15, 0.2) is 0 Å². The zero-order valence-electron chi connectivity index (χ0n) is 15.2. The molecule has 3 aromatic rings. The number of aryl methyl sites for hydroxylation is 1. The van der Waals surface area contributed by atoms with E-state index in [1.807, 2.05) is 54.2 Å². The Morgan fingerprint density at radius 1 is 1.22 bits per heavy atom. The summed E-state index contributed by atoms with van der Waals surface area (Å²) in [6, 6.07) is 12.7. The topological polar surface area (TPSA) is 85.0 Å². The lowest BCUT2D eigenvalue weighted by Gasteiger charge is -2.18. The van der Waals surface area contributed by atoms with E-state index in [1.165, 1.54) is 6.07 Å². The second kappa shape index (κ2) is 7.36. The zero-order valence-corrected chi connectivity index (χ0v) is 15.2. The van der Waals surface area contributed by atoms with Gasteiger partial charge in [0.05, 0.1) is 17.8 Å². The van der Waals surface area contributed by atoms with E-state index >= 15 is 0 Å². The largest absolute Gasteiger partial charge is 0.391 e. The number of rotatable bonds is 5. The summed E-state index contributed by atoms with van der Waals surface area (Å²) in [4.78, 5) is 17.1. The van der Waals surface area contributed by atoms with Crippen molar-refractivity contribution in [2.45, 2.75) is 38.5 Å². The standard InChI is InChI=1S/C20H23N5O2/c1-14-22-19(12-20(27)25(14)16-6-3-2-4-7-16)23-17-10-15(11-18(17)26)13-24-9-5-8-21-24/h2-9,12,15,17-18,23,26H,10-11,13H2,1H3/t15?,17-,18-/m1/s1. The van der Waals surface area contributed by atoms with E-state index in [4.69, 9.17) is 0 Å². The van der Waals surface area contributed by atoms with E-state index in [9.17, 15) is 9.90 Å². The highest BCUT2D eigenvalue weighted by Gasteiger charge is 2.33. The maximum atomic E-state index is 12.6. The molecule has 140 valence electrons. The molecule has 1 unspecified atom stereocenters. The molecule has 0 aliphatic heterocycles. The minimum absolute atomic E-state index is 0.121. The molecule has 0 bridgehead atoms. The van der Waals surface area contributed by atoms with E-state index < -0.39 is 6.10 Å². The van der Waals surface area contributed by atoms with Gasteiger partial charge in [-0.05, 0) is 43.9 Å². The number of hydrogen-bond donors (Lipinski definition) is 2. The molecule has 4 rings (SSSR count). The molecule has 2 N–H and O–H groups in total. The Labute approximate surface area is 157 Å². The molecule has 7 heteroatoms. The number of nitrogens with one attached hydrogen (secondary N) is 1. The van der Waals surface area contributed by atoms with Gasteiger partial charge in [-0.15, -0.1) is 0 Å². The van der Waals surface area contributed by atoms with Crippen LogP contribution in [0.1, 0.15) is 18.7 Å². The van der Waals surface area contributed by atoms with Crippen molar-refractivity contribution >= 4 is 5.82 Å². The smallest absolute Gasteiger partial charge is 0.260 e. The molecular formula is C20H23N5O2. The van der Waals surface area contributed by atoms with Crippen molar-refractivity contribution in [3.8, 4) is 5.69 Å². The van der Waals surface area contributed by atoms with Crippen LogP contribution in [-0.4, -0.2) is 36.6 Å². The second-order valence-corrected chi connectivity index (χ2v) is 7.08. The molecule has 2 aromatic heterocycles. The van der Waals surface area contributed by atoms with Gasteiger partial charge in [-0.25, -0.2) is 4.98 Å². The highest BCUT2D eigenvalue weighted by molar-refractivity contribution is 5.39. The van der Waals surface area contributed by atoms with Crippen LogP contribution in [0.4, 0.5) is 5.82 Å². The summed E-state index contributed by atoms with van der Waals surface area (Å²) in [6.45, 7) is 2.59. The van der Waals surface area contributed by atoms with Gasteiger partial charge in [0.25, 0.3) is 5.56 Å². The van der Waals surface area contributed by atoms with Crippen LogP contribution in [0.25, 0.3) is 5.69 Å². The van der Waals surface area contributed by atoms with Crippen molar-refractivity contribution < 1.29 is 5.11 Å². The highest BCUT2D eigenvalue weighted by Crippen LogP contribution is 2.29. The predicted octanol–water partition coefficient (Wildman–Crippen LogP) is 1.99. The lowest BCUT2D eigenvalue weighted by Crippen LogP contribution is -2.30. The zero-order chi connectivity index (χ0) is 18.8. The van der Waals surface area contributed by atoms with Gasteiger partial charge in [0.1, 0.15) is 11.6 Å². The first kappa shape index (κ1) is 17.5. The van der Waals surface area contributed by atoms with Crippen LogP contribution in [0.5, 0.6) is 0 Å². The average molecular weight is 365 g/mol. The summed E-state index contributed by atoms with van der Waals surface area (Å²) in [7, 11) is 0. The van der Waals surface area contributed by atoms with E-state index in [0.717, 1.165) is 18.7 Å². The third-order valence-corrected chi connectivity index (χ3v) is 5.07. The molecule has 1 aliphatic carbocycles. The van der Waals surface area contributed by atoms with Gasteiger partial charge >= 0.3 is 0 Å². The van der Waals surface area contributed by atoms with Crippen molar-refractivity contribution in [1.82, 2.24) is 19.3 Å². The fraction of sp³-hybridized carbons (Fsp3) is 0.350. The summed E-state index contributed by atoms with van der Waals surface area (Å²) >= 11 is 0. The summed E-state index contributed by atoms with van der Waals surface area (Å²) in [6.07, 6.45) is 4.74. The fourth-order valence-electron chi connectivity index (χ4n) is 3.85. The monoisotopic (exact) mass is 365 g/mol. The molecular weight excluding hydrogens is 342 g/mol. The Morgan fingerprint density at radius 3 is 2.74 bits per heavy atom. The normalized spacial score (nSPS) is 22.1. The van der Waals surface area contributed by atoms with E-state index in [1.54, 1.807) is 10.8 Å². The van der Waals surface area contributed by atoms with Crippen LogP contribution >= 0.6 is 0 Å². The molecule has 27 heavy (non-hydrogen) atoms. The van der Waals surface area contributed by atoms with Crippen LogP contribution in [0.3, 0.4) is 0 Å². The Kier molecular flexibility index (Phi) is 4.77. The predicted molar refractivity (Wildman–Crippen MR) is 103 cm³/mol. The number of hydrogen-bond acceptors (Lipinski definition) is 5. The number of aliphatic hydroxyl groups is 1. The summed E-state index contributed by atoms with van der Waals surface area (Å²) in [5, 5.41) is 17.9.